The smallest absolute Gasteiger partial charge is 0.456 e. The minimum Gasteiger partial charge on any atom is -0.485 e. The van der Waals surface area contributed by atoms with Crippen LogP contribution in [0.4, 0.5) is 22.0 Å². The normalized spacial score (nSPS) is 15.0. The van der Waals surface area contributed by atoms with Crippen molar-refractivity contribution in [2.45, 2.75) is 42.8 Å². The Morgan fingerprint density at radius 3 is 2.50 bits per heavy atom. The van der Waals surface area contributed by atoms with E-state index in [1.54, 1.807) is 10.7 Å². The van der Waals surface area contributed by atoms with Crippen molar-refractivity contribution in [3.8, 4) is 17.0 Å². The highest BCUT2D eigenvalue weighted by Crippen LogP contribution is 2.42. The van der Waals surface area contributed by atoms with Crippen molar-refractivity contribution in [3.05, 3.63) is 36.3 Å². The molecule has 1 fully saturated rings. The van der Waals surface area contributed by atoms with Crippen molar-refractivity contribution in [1.82, 2.24) is 19.6 Å². The number of aromatic nitrogens is 4. The van der Waals surface area contributed by atoms with Gasteiger partial charge in [-0.15, -0.1) is 11.8 Å². The molecule has 4 rings (SSSR count). The maximum atomic E-state index is 13.0. The second-order valence-corrected chi connectivity index (χ2v) is 8.12. The summed E-state index contributed by atoms with van der Waals surface area (Å²) in [4.78, 5) is 8.65. The average molecular weight is 444 g/mol. The Balaban J connectivity index is 1.64. The van der Waals surface area contributed by atoms with Gasteiger partial charge in [-0.2, -0.15) is 27.1 Å². The van der Waals surface area contributed by atoms with Gasteiger partial charge in [0.1, 0.15) is 10.8 Å². The maximum Gasteiger partial charge on any atom is 0.456 e. The van der Waals surface area contributed by atoms with E-state index in [1.807, 2.05) is 13.0 Å². The minimum atomic E-state index is -5.67. The van der Waals surface area contributed by atoms with E-state index in [1.165, 1.54) is 23.9 Å². The lowest BCUT2D eigenvalue weighted by atomic mass is 10.2. The van der Waals surface area contributed by atoms with Crippen LogP contribution in [0, 0.1) is 0 Å². The first-order chi connectivity index (χ1) is 14.2. The van der Waals surface area contributed by atoms with Gasteiger partial charge in [-0.3, -0.25) is 4.98 Å². The summed E-state index contributed by atoms with van der Waals surface area (Å²) in [6.07, 6.45) is -0.648. The molecule has 0 aliphatic heterocycles. The predicted molar refractivity (Wildman–Crippen MR) is 101 cm³/mol. The summed E-state index contributed by atoms with van der Waals surface area (Å²) in [7, 11) is 0. The van der Waals surface area contributed by atoms with Gasteiger partial charge in [0, 0.05) is 17.8 Å². The van der Waals surface area contributed by atoms with E-state index < -0.39 is 18.7 Å². The van der Waals surface area contributed by atoms with Crippen LogP contribution < -0.4 is 4.74 Å². The SMILES string of the molecule is CCSc1nn2c(C3CC3)ccnc2c1-c1ccc(OCC(F)(F)C(F)(F)F)cn1. The molecule has 160 valence electrons. The lowest BCUT2D eigenvalue weighted by Gasteiger charge is -2.19. The fraction of sp³-hybridized carbons (Fsp3) is 0.421. The monoisotopic (exact) mass is 444 g/mol. The summed E-state index contributed by atoms with van der Waals surface area (Å²) >= 11 is 1.52. The number of alkyl halides is 5. The van der Waals surface area contributed by atoms with Gasteiger partial charge in [0.05, 0.1) is 17.5 Å². The van der Waals surface area contributed by atoms with Gasteiger partial charge in [-0.1, -0.05) is 6.92 Å². The molecule has 0 unspecified atom stereocenters. The molecule has 0 saturated heterocycles. The highest BCUT2D eigenvalue weighted by Gasteiger charge is 2.58. The number of hydrogen-bond donors (Lipinski definition) is 0. The molecular formula is C19H17F5N4OS. The Labute approximate surface area is 172 Å². The van der Waals surface area contributed by atoms with Gasteiger partial charge in [-0.25, -0.2) is 9.50 Å². The van der Waals surface area contributed by atoms with Crippen LogP contribution in [0.5, 0.6) is 5.75 Å². The zero-order valence-corrected chi connectivity index (χ0v) is 16.6. The third-order valence-electron chi connectivity index (χ3n) is 4.62. The molecule has 1 aliphatic rings. The van der Waals surface area contributed by atoms with Gasteiger partial charge >= 0.3 is 12.1 Å². The molecule has 3 aromatic heterocycles. The zero-order valence-electron chi connectivity index (χ0n) is 15.8. The molecule has 30 heavy (non-hydrogen) atoms. The summed E-state index contributed by atoms with van der Waals surface area (Å²) in [6, 6.07) is 4.75. The van der Waals surface area contributed by atoms with Crippen LogP contribution in [0.1, 0.15) is 31.4 Å². The lowest BCUT2D eigenvalue weighted by Crippen LogP contribution is -2.41. The predicted octanol–water partition coefficient (Wildman–Crippen LogP) is 5.36. The van der Waals surface area contributed by atoms with E-state index in [0.29, 0.717) is 22.8 Å². The van der Waals surface area contributed by atoms with Crippen molar-refractivity contribution in [2.24, 2.45) is 0 Å². The van der Waals surface area contributed by atoms with Crippen LogP contribution in [-0.4, -0.2) is 44.0 Å². The molecule has 5 nitrogen and oxygen atoms in total. The van der Waals surface area contributed by atoms with Gasteiger partial charge in [0.25, 0.3) is 0 Å². The van der Waals surface area contributed by atoms with Gasteiger partial charge in [-0.05, 0) is 36.8 Å². The number of hydrogen-bond acceptors (Lipinski definition) is 5. The molecule has 3 aromatic rings. The van der Waals surface area contributed by atoms with Crippen LogP contribution in [0.15, 0.2) is 35.6 Å². The summed E-state index contributed by atoms with van der Waals surface area (Å²) in [5.41, 5.74) is 2.87. The molecule has 11 heteroatoms. The second kappa shape index (κ2) is 7.68. The van der Waals surface area contributed by atoms with E-state index >= 15 is 0 Å². The van der Waals surface area contributed by atoms with E-state index in [0.717, 1.165) is 35.5 Å². The van der Waals surface area contributed by atoms with Gasteiger partial charge in [0.2, 0.25) is 0 Å². The third kappa shape index (κ3) is 3.94. The Hall–Kier alpha value is -2.43. The van der Waals surface area contributed by atoms with Crippen LogP contribution in [-0.2, 0) is 0 Å². The van der Waals surface area contributed by atoms with E-state index in [-0.39, 0.29) is 5.75 Å². The average Bonchev–Trinajstić information content (AvgIpc) is 3.47. The first-order valence-electron chi connectivity index (χ1n) is 9.25. The van der Waals surface area contributed by atoms with Crippen molar-refractivity contribution in [1.29, 1.82) is 0 Å². The Morgan fingerprint density at radius 1 is 1.13 bits per heavy atom. The lowest BCUT2D eigenvalue weighted by molar-refractivity contribution is -0.290. The second-order valence-electron chi connectivity index (χ2n) is 6.86. The zero-order chi connectivity index (χ0) is 21.5. The first kappa shape index (κ1) is 20.8. The largest absolute Gasteiger partial charge is 0.485 e. The Kier molecular flexibility index (Phi) is 5.33. The third-order valence-corrected chi connectivity index (χ3v) is 5.47. The number of halogens is 5. The molecule has 3 heterocycles. The fourth-order valence-electron chi connectivity index (χ4n) is 2.96. The quantitative estimate of drug-likeness (QED) is 0.363. The van der Waals surface area contributed by atoms with Crippen LogP contribution in [0.25, 0.3) is 16.9 Å². The van der Waals surface area contributed by atoms with Gasteiger partial charge < -0.3 is 4.74 Å². The van der Waals surface area contributed by atoms with Crippen molar-refractivity contribution in [3.63, 3.8) is 0 Å². The molecule has 0 bridgehead atoms. The molecular weight excluding hydrogens is 427 g/mol. The van der Waals surface area contributed by atoms with Crippen molar-refractivity contribution in [2.75, 3.05) is 12.4 Å². The Morgan fingerprint density at radius 2 is 1.90 bits per heavy atom. The maximum absolute atomic E-state index is 13.0. The van der Waals surface area contributed by atoms with E-state index in [4.69, 9.17) is 0 Å². The summed E-state index contributed by atoms with van der Waals surface area (Å²) in [5, 5.41) is 5.40. The molecule has 0 radical (unpaired) electrons. The molecule has 0 aromatic carbocycles. The fourth-order valence-corrected chi connectivity index (χ4v) is 3.72. The van der Waals surface area contributed by atoms with Crippen LogP contribution in [0.3, 0.4) is 0 Å². The molecule has 0 spiro atoms. The molecule has 0 N–H and O–H groups in total. The van der Waals surface area contributed by atoms with Gasteiger partial charge in [0.15, 0.2) is 12.3 Å². The molecule has 0 amide bonds. The van der Waals surface area contributed by atoms with Crippen LogP contribution >= 0.6 is 11.8 Å². The van der Waals surface area contributed by atoms with Crippen molar-refractivity contribution < 1.29 is 26.7 Å². The number of rotatable bonds is 7. The highest BCUT2D eigenvalue weighted by molar-refractivity contribution is 7.99. The first-order valence-corrected chi connectivity index (χ1v) is 10.2. The molecule has 1 saturated carbocycles. The number of nitrogens with zero attached hydrogens (tertiary/aromatic N) is 4. The number of ether oxygens (including phenoxy) is 1. The Bertz CT molecular complexity index is 1050. The van der Waals surface area contributed by atoms with Crippen molar-refractivity contribution >= 4 is 17.4 Å². The topological polar surface area (TPSA) is 52.3 Å². The number of pyridine rings is 1. The number of thioether (sulfide) groups is 1. The summed E-state index contributed by atoms with van der Waals surface area (Å²) in [5.74, 6) is -3.91. The van der Waals surface area contributed by atoms with E-state index in [2.05, 4.69) is 19.8 Å². The highest BCUT2D eigenvalue weighted by atomic mass is 32.2. The summed E-state index contributed by atoms with van der Waals surface area (Å²) < 4.78 is 69.4. The van der Waals surface area contributed by atoms with Crippen LogP contribution in [0.2, 0.25) is 0 Å². The standard InChI is InChI=1S/C19H17F5N4OS/c1-2-30-17-15(16-25-8-7-14(11-3-4-11)28(16)27-17)13-6-5-12(9-26-13)29-10-18(20,21)19(22,23)24/h5-9,11H,2-4,10H2,1H3. The molecule has 1 aliphatic carbocycles. The molecule has 0 atom stereocenters. The van der Waals surface area contributed by atoms with E-state index in [9.17, 15) is 22.0 Å². The summed E-state index contributed by atoms with van der Waals surface area (Å²) in [6.45, 7) is 0.177. The number of fused-ring (bicyclic) bond motifs is 1. The minimum absolute atomic E-state index is 0.185.